The maximum Gasteiger partial charge on any atom is 0.253 e. The molecule has 5 heteroatoms. The fourth-order valence-corrected chi connectivity index (χ4v) is 2.06. The Hall–Kier alpha value is -1.88. The monoisotopic (exact) mass is 320 g/mol. The first kappa shape index (κ1) is 13.5. The Morgan fingerprint density at radius 3 is 2.84 bits per heavy atom. The summed E-state index contributed by atoms with van der Waals surface area (Å²) in [6.07, 6.45) is 3.13. The van der Waals surface area contributed by atoms with Crippen LogP contribution < -0.4 is 5.32 Å². The summed E-state index contributed by atoms with van der Waals surface area (Å²) in [5.74, 6) is -0.0210. The van der Waals surface area contributed by atoms with Crippen LogP contribution in [0.25, 0.3) is 0 Å². The number of carbonyl (C=O) groups excluding carboxylic acids is 1. The van der Waals surface area contributed by atoms with E-state index in [4.69, 9.17) is 0 Å². The van der Waals surface area contributed by atoms with Gasteiger partial charge in [-0.3, -0.25) is 9.78 Å². The molecule has 1 aromatic heterocycles. The van der Waals surface area contributed by atoms with E-state index in [-0.39, 0.29) is 17.7 Å². The van der Waals surface area contributed by atoms with E-state index in [0.717, 1.165) is 10.0 Å². The fraction of sp³-hybridized carbons (Fsp3) is 0.143. The van der Waals surface area contributed by atoms with Crippen molar-refractivity contribution < 1.29 is 9.90 Å². The summed E-state index contributed by atoms with van der Waals surface area (Å²) in [6.45, 7) is 1.86. The fourth-order valence-electron chi connectivity index (χ4n) is 1.69. The minimum absolute atomic E-state index is 0.183. The third kappa shape index (κ3) is 3.54. The summed E-state index contributed by atoms with van der Waals surface area (Å²) < 4.78 is 0.755. The second kappa shape index (κ2) is 5.84. The number of nitrogens with one attached hydrogen (secondary N) is 1. The lowest BCUT2D eigenvalue weighted by atomic mass is 10.1. The molecule has 0 aliphatic heterocycles. The first-order valence-electron chi connectivity index (χ1n) is 5.76. The number of rotatable bonds is 3. The number of pyridine rings is 1. The smallest absolute Gasteiger partial charge is 0.253 e. The molecule has 0 aliphatic rings. The molecular formula is C14H13BrN2O2. The van der Waals surface area contributed by atoms with Gasteiger partial charge in [-0.2, -0.15) is 0 Å². The van der Waals surface area contributed by atoms with Gasteiger partial charge >= 0.3 is 0 Å². The summed E-state index contributed by atoms with van der Waals surface area (Å²) in [5, 5.41) is 12.3. The van der Waals surface area contributed by atoms with E-state index in [1.165, 1.54) is 6.20 Å². The largest absolute Gasteiger partial charge is 0.508 e. The van der Waals surface area contributed by atoms with Gasteiger partial charge in [-0.25, -0.2) is 0 Å². The van der Waals surface area contributed by atoms with E-state index >= 15 is 0 Å². The molecule has 0 fully saturated rings. The van der Waals surface area contributed by atoms with Crippen LogP contribution in [0.3, 0.4) is 0 Å². The zero-order valence-corrected chi connectivity index (χ0v) is 11.9. The molecule has 4 nitrogen and oxygen atoms in total. The third-order valence-electron chi connectivity index (χ3n) is 2.68. The maximum atomic E-state index is 12.0. The van der Waals surface area contributed by atoms with Crippen molar-refractivity contribution >= 4 is 21.8 Å². The molecule has 0 bridgehead atoms. The van der Waals surface area contributed by atoms with Crippen LogP contribution in [-0.2, 0) is 0 Å². The summed E-state index contributed by atoms with van der Waals surface area (Å²) in [4.78, 5) is 16.0. The molecule has 19 heavy (non-hydrogen) atoms. The number of phenols is 1. The van der Waals surface area contributed by atoms with Crippen molar-refractivity contribution in [3.63, 3.8) is 0 Å². The first-order chi connectivity index (χ1) is 9.06. The molecule has 1 aromatic carbocycles. The molecule has 2 rings (SSSR count). The molecule has 0 spiro atoms. The minimum Gasteiger partial charge on any atom is -0.508 e. The molecular weight excluding hydrogens is 308 g/mol. The average Bonchev–Trinajstić information content (AvgIpc) is 2.38. The Kier molecular flexibility index (Phi) is 4.16. The lowest BCUT2D eigenvalue weighted by Crippen LogP contribution is -2.26. The van der Waals surface area contributed by atoms with Gasteiger partial charge in [-0.05, 0) is 46.6 Å². The maximum absolute atomic E-state index is 12.0. The highest BCUT2D eigenvalue weighted by molar-refractivity contribution is 9.10. The number of benzene rings is 1. The average molecular weight is 321 g/mol. The molecule has 1 unspecified atom stereocenters. The van der Waals surface area contributed by atoms with Gasteiger partial charge in [0, 0.05) is 16.9 Å². The molecule has 1 amide bonds. The van der Waals surface area contributed by atoms with Crippen molar-refractivity contribution in [3.8, 4) is 5.75 Å². The minimum atomic E-state index is -0.204. The number of aromatic hydroxyl groups is 1. The Balaban J connectivity index is 2.11. The number of hydrogen-bond donors (Lipinski definition) is 2. The topological polar surface area (TPSA) is 62.2 Å². The van der Waals surface area contributed by atoms with Gasteiger partial charge < -0.3 is 10.4 Å². The Labute approximate surface area is 119 Å². The van der Waals surface area contributed by atoms with Crippen LogP contribution in [0.5, 0.6) is 5.75 Å². The predicted molar refractivity (Wildman–Crippen MR) is 75.9 cm³/mol. The standard InChI is InChI=1S/C14H13BrN2O2/c1-9(10-3-2-4-13(18)6-10)17-14(19)11-5-12(15)8-16-7-11/h2-9,18H,1H3,(H,17,19). The van der Waals surface area contributed by atoms with Gasteiger partial charge in [-0.15, -0.1) is 0 Å². The Bertz CT molecular complexity index is 602. The third-order valence-corrected chi connectivity index (χ3v) is 3.12. The van der Waals surface area contributed by atoms with Crippen LogP contribution in [0.1, 0.15) is 28.9 Å². The number of carbonyl (C=O) groups is 1. The van der Waals surface area contributed by atoms with E-state index in [2.05, 4.69) is 26.2 Å². The Morgan fingerprint density at radius 2 is 2.16 bits per heavy atom. The summed E-state index contributed by atoms with van der Waals surface area (Å²) >= 11 is 3.28. The predicted octanol–water partition coefficient (Wildman–Crippen LogP) is 3.04. The van der Waals surface area contributed by atoms with Gasteiger partial charge in [0.2, 0.25) is 0 Å². The number of amides is 1. The SMILES string of the molecule is CC(NC(=O)c1cncc(Br)c1)c1cccc(O)c1. The number of hydrogen-bond acceptors (Lipinski definition) is 3. The van der Waals surface area contributed by atoms with E-state index < -0.39 is 0 Å². The van der Waals surface area contributed by atoms with Crippen molar-refractivity contribution in [3.05, 3.63) is 58.3 Å². The van der Waals surface area contributed by atoms with Crippen molar-refractivity contribution in [2.24, 2.45) is 0 Å². The molecule has 0 aliphatic carbocycles. The van der Waals surface area contributed by atoms with E-state index in [1.807, 2.05) is 13.0 Å². The van der Waals surface area contributed by atoms with Crippen LogP contribution in [0, 0.1) is 0 Å². The van der Waals surface area contributed by atoms with Gasteiger partial charge in [0.05, 0.1) is 11.6 Å². The lowest BCUT2D eigenvalue weighted by molar-refractivity contribution is 0.0939. The van der Waals surface area contributed by atoms with Crippen molar-refractivity contribution in [1.82, 2.24) is 10.3 Å². The van der Waals surface area contributed by atoms with E-state index in [9.17, 15) is 9.90 Å². The molecule has 2 N–H and O–H groups in total. The van der Waals surface area contributed by atoms with Gasteiger partial charge in [0.1, 0.15) is 5.75 Å². The highest BCUT2D eigenvalue weighted by Gasteiger charge is 2.12. The molecule has 98 valence electrons. The van der Waals surface area contributed by atoms with Gasteiger partial charge in [0.15, 0.2) is 0 Å². The molecule has 1 atom stereocenters. The quantitative estimate of drug-likeness (QED) is 0.913. The highest BCUT2D eigenvalue weighted by Crippen LogP contribution is 2.18. The summed E-state index contributed by atoms with van der Waals surface area (Å²) in [5.41, 5.74) is 1.33. The van der Waals surface area contributed by atoms with Crippen molar-refractivity contribution in [1.29, 1.82) is 0 Å². The Morgan fingerprint density at radius 1 is 1.37 bits per heavy atom. The van der Waals surface area contributed by atoms with Crippen LogP contribution >= 0.6 is 15.9 Å². The second-order valence-electron chi connectivity index (χ2n) is 4.18. The molecule has 1 heterocycles. The summed E-state index contributed by atoms with van der Waals surface area (Å²) in [7, 11) is 0. The first-order valence-corrected chi connectivity index (χ1v) is 6.56. The molecule has 0 radical (unpaired) electrons. The zero-order chi connectivity index (χ0) is 13.8. The van der Waals surface area contributed by atoms with Crippen LogP contribution in [-0.4, -0.2) is 16.0 Å². The number of aromatic nitrogens is 1. The number of nitrogens with zero attached hydrogens (tertiary/aromatic N) is 1. The van der Waals surface area contributed by atoms with Crippen LogP contribution in [0.2, 0.25) is 0 Å². The van der Waals surface area contributed by atoms with Gasteiger partial charge in [-0.1, -0.05) is 12.1 Å². The number of halogens is 1. The van der Waals surface area contributed by atoms with Crippen LogP contribution in [0.4, 0.5) is 0 Å². The van der Waals surface area contributed by atoms with Gasteiger partial charge in [0.25, 0.3) is 5.91 Å². The zero-order valence-electron chi connectivity index (χ0n) is 10.3. The number of phenolic OH excluding ortho intramolecular Hbond substituents is 1. The summed E-state index contributed by atoms with van der Waals surface area (Å²) in [6, 6.07) is 8.33. The van der Waals surface area contributed by atoms with Crippen LogP contribution in [0.15, 0.2) is 47.2 Å². The van der Waals surface area contributed by atoms with Crippen molar-refractivity contribution in [2.75, 3.05) is 0 Å². The second-order valence-corrected chi connectivity index (χ2v) is 5.10. The van der Waals surface area contributed by atoms with E-state index in [1.54, 1.807) is 30.5 Å². The normalized spacial score (nSPS) is 11.9. The van der Waals surface area contributed by atoms with E-state index in [0.29, 0.717) is 5.56 Å². The molecule has 0 saturated carbocycles. The van der Waals surface area contributed by atoms with Crippen molar-refractivity contribution in [2.45, 2.75) is 13.0 Å². The molecule has 2 aromatic rings. The molecule has 0 saturated heterocycles. The lowest BCUT2D eigenvalue weighted by Gasteiger charge is -2.14. The highest BCUT2D eigenvalue weighted by atomic mass is 79.9.